The first-order chi connectivity index (χ1) is 8.08. The van der Waals surface area contributed by atoms with Gasteiger partial charge >= 0.3 is 5.97 Å². The molecule has 0 heterocycles. The molecular formula is C13H15NO3. The number of hydrogen-bond acceptors (Lipinski definition) is 2. The molecule has 3 N–H and O–H groups in total. The van der Waals surface area contributed by atoms with Crippen LogP contribution in [-0.4, -0.2) is 17.0 Å². The van der Waals surface area contributed by atoms with E-state index < -0.39 is 5.97 Å². The second-order valence-electron chi connectivity index (χ2n) is 4.56. The Kier molecular flexibility index (Phi) is 3.13. The summed E-state index contributed by atoms with van der Waals surface area (Å²) >= 11 is 0. The van der Waals surface area contributed by atoms with Crippen LogP contribution in [0, 0.1) is 5.92 Å². The van der Waals surface area contributed by atoms with Gasteiger partial charge in [-0.15, -0.1) is 0 Å². The molecule has 90 valence electrons. The monoisotopic (exact) mass is 233 g/mol. The summed E-state index contributed by atoms with van der Waals surface area (Å²) in [6.45, 7) is 0. The van der Waals surface area contributed by atoms with Crippen LogP contribution < -0.4 is 5.73 Å². The van der Waals surface area contributed by atoms with Crippen molar-refractivity contribution in [2.75, 3.05) is 0 Å². The predicted octanol–water partition coefficient (Wildman–Crippen LogP) is 1.75. The lowest BCUT2D eigenvalue weighted by molar-refractivity contribution is -0.119. The lowest BCUT2D eigenvalue weighted by Crippen LogP contribution is -2.22. The van der Waals surface area contributed by atoms with E-state index >= 15 is 0 Å². The molecule has 2 rings (SSSR count). The molecule has 17 heavy (non-hydrogen) atoms. The van der Waals surface area contributed by atoms with E-state index in [1.165, 1.54) is 12.1 Å². The highest BCUT2D eigenvalue weighted by Gasteiger charge is 2.29. The minimum Gasteiger partial charge on any atom is -0.478 e. The van der Waals surface area contributed by atoms with Gasteiger partial charge in [-0.05, 0) is 30.0 Å². The Balaban J connectivity index is 2.17. The number of carboxylic acids is 1. The predicted molar refractivity (Wildman–Crippen MR) is 62.7 cm³/mol. The molecule has 1 aliphatic rings. The Bertz CT molecular complexity index is 434. The average Bonchev–Trinajstić information content (AvgIpc) is 3.09. The van der Waals surface area contributed by atoms with Gasteiger partial charge in [-0.1, -0.05) is 25.0 Å². The molecule has 1 amide bonds. The first-order valence-electron chi connectivity index (χ1n) is 5.70. The summed E-state index contributed by atoms with van der Waals surface area (Å²) in [5, 5.41) is 8.79. The van der Waals surface area contributed by atoms with Gasteiger partial charge in [0.05, 0.1) is 11.5 Å². The van der Waals surface area contributed by atoms with E-state index in [9.17, 15) is 9.59 Å². The van der Waals surface area contributed by atoms with Crippen molar-refractivity contribution in [1.82, 2.24) is 0 Å². The lowest BCUT2D eigenvalue weighted by atomic mass is 9.92. The third-order valence-electron chi connectivity index (χ3n) is 3.17. The van der Waals surface area contributed by atoms with Crippen LogP contribution >= 0.6 is 0 Å². The number of hydrogen-bond donors (Lipinski definition) is 2. The number of nitrogens with two attached hydrogens (primary N) is 1. The summed E-state index contributed by atoms with van der Waals surface area (Å²) in [5.74, 6) is -0.980. The molecule has 0 saturated heterocycles. The van der Waals surface area contributed by atoms with Crippen molar-refractivity contribution < 1.29 is 14.7 Å². The average molecular weight is 233 g/mol. The minimum atomic E-state index is -0.964. The van der Waals surface area contributed by atoms with Gasteiger partial charge in [0, 0.05) is 0 Å². The highest BCUT2D eigenvalue weighted by Crippen LogP contribution is 2.38. The van der Waals surface area contributed by atoms with E-state index in [0.29, 0.717) is 5.92 Å². The normalized spacial score (nSPS) is 16.5. The molecular weight excluding hydrogens is 218 g/mol. The molecule has 0 radical (unpaired) electrons. The maximum absolute atomic E-state index is 11.4. The fourth-order valence-corrected chi connectivity index (χ4v) is 1.96. The number of aromatic carboxylic acids is 1. The molecule has 1 fully saturated rings. The van der Waals surface area contributed by atoms with E-state index in [4.69, 9.17) is 10.8 Å². The molecule has 0 aliphatic heterocycles. The highest BCUT2D eigenvalue weighted by atomic mass is 16.4. The summed E-state index contributed by atoms with van der Waals surface area (Å²) < 4.78 is 0. The van der Waals surface area contributed by atoms with Crippen molar-refractivity contribution >= 4 is 11.9 Å². The Morgan fingerprint density at radius 1 is 1.29 bits per heavy atom. The third kappa shape index (κ3) is 2.84. The molecule has 1 saturated carbocycles. The number of carbonyl (C=O) groups is 2. The van der Waals surface area contributed by atoms with E-state index in [1.807, 2.05) is 0 Å². The van der Waals surface area contributed by atoms with Crippen molar-refractivity contribution in [3.05, 3.63) is 35.4 Å². The zero-order chi connectivity index (χ0) is 12.4. The van der Waals surface area contributed by atoms with Crippen LogP contribution in [0.2, 0.25) is 0 Å². The summed E-state index contributed by atoms with van der Waals surface area (Å²) in [6.07, 6.45) is 3.11. The third-order valence-corrected chi connectivity index (χ3v) is 3.17. The molecule has 4 heteroatoms. The van der Waals surface area contributed by atoms with Crippen molar-refractivity contribution in [3.63, 3.8) is 0 Å². The summed E-state index contributed by atoms with van der Waals surface area (Å²) in [6, 6.07) is 6.39. The van der Waals surface area contributed by atoms with Gasteiger partial charge in [0.2, 0.25) is 5.91 Å². The highest BCUT2D eigenvalue weighted by molar-refractivity contribution is 5.88. The van der Waals surface area contributed by atoms with Gasteiger partial charge in [0.1, 0.15) is 0 Å². The van der Waals surface area contributed by atoms with Crippen molar-refractivity contribution in [1.29, 1.82) is 0 Å². The molecule has 1 unspecified atom stereocenters. The summed E-state index contributed by atoms with van der Waals surface area (Å²) in [7, 11) is 0. The zero-order valence-corrected chi connectivity index (χ0v) is 9.43. The van der Waals surface area contributed by atoms with Gasteiger partial charge < -0.3 is 10.8 Å². The summed E-state index contributed by atoms with van der Waals surface area (Å²) in [4.78, 5) is 22.1. The standard InChI is InChI=1S/C13H15NO3/c14-12(15)11(7-8-1-2-8)9-3-5-10(6-4-9)13(16)17/h3-6,8,11H,1-2,7H2,(H2,14,15)(H,16,17). The van der Waals surface area contributed by atoms with Crippen LogP contribution in [0.5, 0.6) is 0 Å². The Morgan fingerprint density at radius 2 is 1.88 bits per heavy atom. The second kappa shape index (κ2) is 4.57. The molecule has 1 aromatic carbocycles. The molecule has 0 aromatic heterocycles. The number of carboxylic acid groups (broad SMARTS) is 1. The smallest absolute Gasteiger partial charge is 0.335 e. The maximum Gasteiger partial charge on any atom is 0.335 e. The lowest BCUT2D eigenvalue weighted by Gasteiger charge is -2.13. The first kappa shape index (κ1) is 11.6. The van der Waals surface area contributed by atoms with Crippen LogP contribution in [0.3, 0.4) is 0 Å². The minimum absolute atomic E-state index is 0.225. The Labute approximate surface area is 99.4 Å². The van der Waals surface area contributed by atoms with E-state index in [0.717, 1.165) is 24.8 Å². The molecule has 1 atom stereocenters. The summed E-state index contributed by atoms with van der Waals surface area (Å²) in [5.41, 5.74) is 6.43. The largest absolute Gasteiger partial charge is 0.478 e. The number of amides is 1. The second-order valence-corrected chi connectivity index (χ2v) is 4.56. The number of rotatable bonds is 5. The number of primary amides is 1. The van der Waals surface area contributed by atoms with E-state index in [1.54, 1.807) is 12.1 Å². The SMILES string of the molecule is NC(=O)C(CC1CC1)c1ccc(C(=O)O)cc1. The zero-order valence-electron chi connectivity index (χ0n) is 9.43. The maximum atomic E-state index is 11.4. The Hall–Kier alpha value is -1.84. The van der Waals surface area contributed by atoms with Crippen LogP contribution in [0.15, 0.2) is 24.3 Å². The Morgan fingerprint density at radius 3 is 2.29 bits per heavy atom. The van der Waals surface area contributed by atoms with Crippen molar-refractivity contribution in [3.8, 4) is 0 Å². The number of benzene rings is 1. The molecule has 1 aromatic rings. The van der Waals surface area contributed by atoms with E-state index in [-0.39, 0.29) is 17.4 Å². The van der Waals surface area contributed by atoms with Gasteiger partial charge in [-0.2, -0.15) is 0 Å². The molecule has 1 aliphatic carbocycles. The quantitative estimate of drug-likeness (QED) is 0.813. The van der Waals surface area contributed by atoms with Gasteiger partial charge in [0.15, 0.2) is 0 Å². The van der Waals surface area contributed by atoms with Crippen LogP contribution in [0.4, 0.5) is 0 Å². The van der Waals surface area contributed by atoms with Gasteiger partial charge in [0.25, 0.3) is 0 Å². The topological polar surface area (TPSA) is 80.4 Å². The van der Waals surface area contributed by atoms with Crippen molar-refractivity contribution in [2.45, 2.75) is 25.2 Å². The molecule has 4 nitrogen and oxygen atoms in total. The van der Waals surface area contributed by atoms with Crippen LogP contribution in [0.1, 0.15) is 41.1 Å². The van der Waals surface area contributed by atoms with Gasteiger partial charge in [-0.3, -0.25) is 4.79 Å². The molecule has 0 bridgehead atoms. The van der Waals surface area contributed by atoms with E-state index in [2.05, 4.69) is 0 Å². The van der Waals surface area contributed by atoms with Gasteiger partial charge in [-0.25, -0.2) is 4.79 Å². The van der Waals surface area contributed by atoms with Crippen LogP contribution in [0.25, 0.3) is 0 Å². The number of carbonyl (C=O) groups excluding carboxylic acids is 1. The fraction of sp³-hybridized carbons (Fsp3) is 0.385. The fourth-order valence-electron chi connectivity index (χ4n) is 1.96. The molecule has 0 spiro atoms. The van der Waals surface area contributed by atoms with Crippen LogP contribution in [-0.2, 0) is 4.79 Å². The first-order valence-corrected chi connectivity index (χ1v) is 5.70. The van der Waals surface area contributed by atoms with Crippen molar-refractivity contribution in [2.24, 2.45) is 11.7 Å².